The van der Waals surface area contributed by atoms with Gasteiger partial charge in [0.25, 0.3) is 0 Å². The summed E-state index contributed by atoms with van der Waals surface area (Å²) in [6, 6.07) is 0.208. The Kier molecular flexibility index (Phi) is 3.70. The number of sulfonamides is 1. The summed E-state index contributed by atoms with van der Waals surface area (Å²) in [6.07, 6.45) is 1.66. The molecule has 1 aliphatic carbocycles. The van der Waals surface area contributed by atoms with Gasteiger partial charge in [-0.25, -0.2) is 13.1 Å². The second-order valence-corrected chi connectivity index (χ2v) is 5.59. The zero-order chi connectivity index (χ0) is 9.90. The topological polar surface area (TPSA) is 58.2 Å². The van der Waals surface area contributed by atoms with Crippen molar-refractivity contribution >= 4 is 10.0 Å². The Balaban J connectivity index is 2.21. The van der Waals surface area contributed by atoms with Crippen molar-refractivity contribution in [1.82, 2.24) is 10.0 Å². The summed E-state index contributed by atoms with van der Waals surface area (Å²) < 4.78 is 25.4. The average molecular weight is 206 g/mol. The molecule has 1 aliphatic rings. The van der Waals surface area contributed by atoms with E-state index in [4.69, 9.17) is 0 Å². The molecule has 0 bridgehead atoms. The first-order valence-corrected chi connectivity index (χ1v) is 6.35. The lowest BCUT2D eigenvalue weighted by Gasteiger charge is -2.04. The molecular formula is C8H18N2O2S. The van der Waals surface area contributed by atoms with Crippen LogP contribution in [0.5, 0.6) is 0 Å². The third-order valence-corrected chi connectivity index (χ3v) is 3.77. The van der Waals surface area contributed by atoms with Gasteiger partial charge in [-0.3, -0.25) is 0 Å². The van der Waals surface area contributed by atoms with Crippen LogP contribution in [0.1, 0.15) is 19.8 Å². The minimum atomic E-state index is -3.01. The molecule has 78 valence electrons. The van der Waals surface area contributed by atoms with Gasteiger partial charge in [0.2, 0.25) is 10.0 Å². The zero-order valence-electron chi connectivity index (χ0n) is 8.21. The first-order chi connectivity index (χ1) is 6.05. The van der Waals surface area contributed by atoms with Crippen molar-refractivity contribution in [2.45, 2.75) is 25.8 Å². The lowest BCUT2D eigenvalue weighted by molar-refractivity contribution is 0.574. The minimum Gasteiger partial charge on any atom is -0.320 e. The van der Waals surface area contributed by atoms with Crippen molar-refractivity contribution in [2.24, 2.45) is 5.92 Å². The van der Waals surface area contributed by atoms with E-state index in [1.807, 2.05) is 7.05 Å². The van der Waals surface area contributed by atoms with Gasteiger partial charge in [0.15, 0.2) is 0 Å². The van der Waals surface area contributed by atoms with Crippen LogP contribution in [0.3, 0.4) is 0 Å². The molecule has 0 radical (unpaired) electrons. The highest BCUT2D eigenvalue weighted by Crippen LogP contribution is 2.29. The molecule has 0 saturated heterocycles. The predicted molar refractivity (Wildman–Crippen MR) is 53.0 cm³/mol. The van der Waals surface area contributed by atoms with Gasteiger partial charge in [-0.1, -0.05) is 6.92 Å². The quantitative estimate of drug-likeness (QED) is 0.598. The van der Waals surface area contributed by atoms with Crippen molar-refractivity contribution in [3.05, 3.63) is 0 Å². The van der Waals surface area contributed by atoms with Gasteiger partial charge in [-0.05, 0) is 32.4 Å². The number of rotatable bonds is 6. The molecule has 0 spiro atoms. The highest BCUT2D eigenvalue weighted by Gasteiger charge is 2.35. The average Bonchev–Trinajstić information content (AvgIpc) is 2.65. The van der Waals surface area contributed by atoms with E-state index in [0.29, 0.717) is 12.3 Å². The Hall–Kier alpha value is -0.130. The molecule has 1 saturated carbocycles. The second-order valence-electron chi connectivity index (χ2n) is 3.71. The molecule has 2 unspecified atom stereocenters. The Labute approximate surface area is 80.1 Å². The first-order valence-electron chi connectivity index (χ1n) is 4.70. The van der Waals surface area contributed by atoms with Crippen LogP contribution in [0.25, 0.3) is 0 Å². The Morgan fingerprint density at radius 2 is 2.08 bits per heavy atom. The molecular weight excluding hydrogens is 188 g/mol. The summed E-state index contributed by atoms with van der Waals surface area (Å²) in [5, 5.41) is 2.93. The molecule has 1 fully saturated rings. The maximum absolute atomic E-state index is 11.4. The highest BCUT2D eigenvalue weighted by atomic mass is 32.2. The molecule has 4 nitrogen and oxygen atoms in total. The van der Waals surface area contributed by atoms with Crippen molar-refractivity contribution < 1.29 is 8.42 Å². The largest absolute Gasteiger partial charge is 0.320 e. The van der Waals surface area contributed by atoms with Gasteiger partial charge in [0, 0.05) is 6.04 Å². The fourth-order valence-corrected chi connectivity index (χ4v) is 2.65. The van der Waals surface area contributed by atoms with Crippen LogP contribution >= 0.6 is 0 Å². The summed E-state index contributed by atoms with van der Waals surface area (Å²) in [7, 11) is -1.19. The van der Waals surface area contributed by atoms with Gasteiger partial charge in [0.1, 0.15) is 0 Å². The van der Waals surface area contributed by atoms with Crippen LogP contribution in [0.4, 0.5) is 0 Å². The Morgan fingerprint density at radius 3 is 2.54 bits per heavy atom. The van der Waals surface area contributed by atoms with Gasteiger partial charge >= 0.3 is 0 Å². The van der Waals surface area contributed by atoms with Crippen LogP contribution < -0.4 is 10.0 Å². The Bertz CT molecular complexity index is 251. The molecule has 0 aromatic rings. The molecule has 2 atom stereocenters. The van der Waals surface area contributed by atoms with E-state index in [9.17, 15) is 8.42 Å². The SMILES string of the molecule is CNCCCS(=O)(=O)NC1CC1C. The van der Waals surface area contributed by atoms with Gasteiger partial charge < -0.3 is 5.32 Å². The molecule has 0 heterocycles. The molecule has 5 heteroatoms. The number of nitrogens with one attached hydrogen (secondary N) is 2. The van der Waals surface area contributed by atoms with E-state index in [1.54, 1.807) is 0 Å². The summed E-state index contributed by atoms with van der Waals surface area (Å²) >= 11 is 0. The van der Waals surface area contributed by atoms with E-state index in [0.717, 1.165) is 13.0 Å². The first kappa shape index (κ1) is 10.9. The molecule has 0 amide bonds. The van der Waals surface area contributed by atoms with E-state index >= 15 is 0 Å². The third kappa shape index (κ3) is 4.06. The fraction of sp³-hybridized carbons (Fsp3) is 1.00. The molecule has 0 aliphatic heterocycles. The fourth-order valence-electron chi connectivity index (χ4n) is 1.21. The van der Waals surface area contributed by atoms with E-state index < -0.39 is 10.0 Å². The molecule has 0 aromatic carbocycles. The van der Waals surface area contributed by atoms with E-state index in [2.05, 4.69) is 17.0 Å². The number of hydrogen-bond donors (Lipinski definition) is 2. The summed E-state index contributed by atoms with van der Waals surface area (Å²) in [5.74, 6) is 0.760. The van der Waals surface area contributed by atoms with Gasteiger partial charge in [-0.15, -0.1) is 0 Å². The molecule has 0 aromatic heterocycles. The molecule has 1 rings (SSSR count). The van der Waals surface area contributed by atoms with Gasteiger partial charge in [0.05, 0.1) is 5.75 Å². The zero-order valence-corrected chi connectivity index (χ0v) is 9.02. The van der Waals surface area contributed by atoms with Crippen molar-refractivity contribution in [1.29, 1.82) is 0 Å². The monoisotopic (exact) mass is 206 g/mol. The van der Waals surface area contributed by atoms with E-state index in [1.165, 1.54) is 0 Å². The summed E-state index contributed by atoms with van der Waals surface area (Å²) in [6.45, 7) is 2.81. The minimum absolute atomic E-state index is 0.208. The summed E-state index contributed by atoms with van der Waals surface area (Å²) in [5.41, 5.74) is 0. The molecule has 2 N–H and O–H groups in total. The maximum atomic E-state index is 11.4. The van der Waals surface area contributed by atoms with Crippen LogP contribution in [0, 0.1) is 5.92 Å². The Morgan fingerprint density at radius 1 is 1.46 bits per heavy atom. The van der Waals surface area contributed by atoms with Crippen molar-refractivity contribution in [3.63, 3.8) is 0 Å². The second kappa shape index (κ2) is 4.39. The van der Waals surface area contributed by atoms with Gasteiger partial charge in [-0.2, -0.15) is 0 Å². The lowest BCUT2D eigenvalue weighted by atomic mass is 10.5. The van der Waals surface area contributed by atoms with Crippen LogP contribution in [-0.4, -0.2) is 33.8 Å². The summed E-state index contributed by atoms with van der Waals surface area (Å²) in [4.78, 5) is 0. The normalized spacial score (nSPS) is 27.5. The lowest BCUT2D eigenvalue weighted by Crippen LogP contribution is -2.30. The smallest absolute Gasteiger partial charge is 0.211 e. The maximum Gasteiger partial charge on any atom is 0.211 e. The van der Waals surface area contributed by atoms with E-state index in [-0.39, 0.29) is 11.8 Å². The van der Waals surface area contributed by atoms with Crippen LogP contribution in [0.15, 0.2) is 0 Å². The highest BCUT2D eigenvalue weighted by molar-refractivity contribution is 7.89. The van der Waals surface area contributed by atoms with Crippen molar-refractivity contribution in [2.75, 3.05) is 19.3 Å². The standard InChI is InChI=1S/C8H18N2O2S/c1-7-6-8(7)10-13(11,12)5-3-4-9-2/h7-10H,3-6H2,1-2H3. The predicted octanol–water partition coefficient (Wildman–Crippen LogP) is -0.0763. The molecule has 13 heavy (non-hydrogen) atoms. The van der Waals surface area contributed by atoms with Crippen LogP contribution in [0.2, 0.25) is 0 Å². The van der Waals surface area contributed by atoms with Crippen LogP contribution in [-0.2, 0) is 10.0 Å². The third-order valence-electron chi connectivity index (χ3n) is 2.28. The number of hydrogen-bond acceptors (Lipinski definition) is 3. The van der Waals surface area contributed by atoms with Crippen molar-refractivity contribution in [3.8, 4) is 0 Å².